The summed E-state index contributed by atoms with van der Waals surface area (Å²) in [6.07, 6.45) is 5.24. The lowest BCUT2D eigenvalue weighted by molar-refractivity contribution is -0.133. The zero-order chi connectivity index (χ0) is 11.4. The second kappa shape index (κ2) is 5.64. The van der Waals surface area contributed by atoms with Gasteiger partial charge in [0.15, 0.2) is 0 Å². The summed E-state index contributed by atoms with van der Waals surface area (Å²) < 4.78 is 0. The summed E-state index contributed by atoms with van der Waals surface area (Å²) in [7, 11) is 0. The molecular weight excluding hydrogens is 204 g/mol. The van der Waals surface area contributed by atoms with Crippen LogP contribution >= 0.6 is 0 Å². The molecular formula is C12H22N2O2. The molecule has 2 fully saturated rings. The molecule has 1 heterocycles. The number of nitrogens with one attached hydrogen (secondary N) is 1. The van der Waals surface area contributed by atoms with E-state index >= 15 is 0 Å². The van der Waals surface area contributed by atoms with Crippen molar-refractivity contribution >= 4 is 5.91 Å². The highest BCUT2D eigenvalue weighted by atomic mass is 16.3. The summed E-state index contributed by atoms with van der Waals surface area (Å²) in [5, 5.41) is 12.3. The molecule has 92 valence electrons. The van der Waals surface area contributed by atoms with Crippen LogP contribution in [0.4, 0.5) is 0 Å². The molecule has 4 nitrogen and oxygen atoms in total. The maximum Gasteiger partial charge on any atom is 0.223 e. The van der Waals surface area contributed by atoms with E-state index in [4.69, 9.17) is 5.11 Å². The third-order valence-corrected chi connectivity index (χ3v) is 3.51. The molecule has 0 bridgehead atoms. The van der Waals surface area contributed by atoms with Crippen LogP contribution in [0.25, 0.3) is 0 Å². The number of nitrogens with zero attached hydrogens (tertiary/aromatic N) is 1. The van der Waals surface area contributed by atoms with E-state index in [1.54, 1.807) is 0 Å². The van der Waals surface area contributed by atoms with Crippen molar-refractivity contribution in [2.75, 3.05) is 26.2 Å². The van der Waals surface area contributed by atoms with E-state index in [1.807, 2.05) is 4.90 Å². The summed E-state index contributed by atoms with van der Waals surface area (Å²) >= 11 is 0. The highest BCUT2D eigenvalue weighted by Gasteiger charge is 2.32. The number of rotatable bonds is 5. The Morgan fingerprint density at radius 1 is 1.38 bits per heavy atom. The van der Waals surface area contributed by atoms with Gasteiger partial charge in [-0.1, -0.05) is 0 Å². The Morgan fingerprint density at radius 2 is 2.19 bits per heavy atom. The Hall–Kier alpha value is -0.610. The second-order valence-electron chi connectivity index (χ2n) is 4.96. The predicted molar refractivity (Wildman–Crippen MR) is 62.0 cm³/mol. The normalized spacial score (nSPS) is 25.4. The molecule has 0 radical (unpaired) electrons. The average Bonchev–Trinajstić information content (AvgIpc) is 3.11. The Kier molecular flexibility index (Phi) is 4.18. The van der Waals surface area contributed by atoms with Gasteiger partial charge in [-0.2, -0.15) is 0 Å². The van der Waals surface area contributed by atoms with Crippen LogP contribution < -0.4 is 5.32 Å². The van der Waals surface area contributed by atoms with Gasteiger partial charge in [0.25, 0.3) is 0 Å². The zero-order valence-electron chi connectivity index (χ0n) is 9.82. The topological polar surface area (TPSA) is 52.6 Å². The van der Waals surface area contributed by atoms with Crippen LogP contribution in [-0.4, -0.2) is 48.2 Å². The maximum absolute atomic E-state index is 12.1. The lowest BCUT2D eigenvalue weighted by Crippen LogP contribution is -2.39. The van der Waals surface area contributed by atoms with Crippen LogP contribution in [0.15, 0.2) is 0 Å². The van der Waals surface area contributed by atoms with Gasteiger partial charge in [0.1, 0.15) is 0 Å². The predicted octanol–water partition coefficient (Wildman–Crippen LogP) is 0.359. The van der Waals surface area contributed by atoms with Gasteiger partial charge in [0, 0.05) is 19.0 Å². The molecule has 1 saturated heterocycles. The molecule has 2 aliphatic rings. The number of piperidine rings is 1. The smallest absolute Gasteiger partial charge is 0.223 e. The standard InChI is InChI=1S/C12H22N2O2/c15-7-6-14(11-3-4-11)12(16)8-10-2-1-5-13-9-10/h10-11,13,15H,1-9H2. The third-order valence-electron chi connectivity index (χ3n) is 3.51. The minimum absolute atomic E-state index is 0.0884. The summed E-state index contributed by atoms with van der Waals surface area (Å²) in [5.74, 6) is 0.742. The molecule has 1 saturated carbocycles. The molecule has 1 aliphatic heterocycles. The Balaban J connectivity index is 1.79. The number of carbonyl (C=O) groups excluding carboxylic acids is 1. The number of hydrogen-bond acceptors (Lipinski definition) is 3. The number of hydrogen-bond donors (Lipinski definition) is 2. The van der Waals surface area contributed by atoms with E-state index in [-0.39, 0.29) is 12.5 Å². The van der Waals surface area contributed by atoms with Crippen molar-refractivity contribution in [1.29, 1.82) is 0 Å². The molecule has 0 spiro atoms. The van der Waals surface area contributed by atoms with Gasteiger partial charge in [-0.25, -0.2) is 0 Å². The number of aliphatic hydroxyl groups excluding tert-OH is 1. The highest BCUT2D eigenvalue weighted by molar-refractivity contribution is 5.77. The lowest BCUT2D eigenvalue weighted by Gasteiger charge is -2.26. The molecule has 4 heteroatoms. The molecule has 2 rings (SSSR count). The minimum atomic E-state index is 0.0884. The summed E-state index contributed by atoms with van der Waals surface area (Å²) in [5.41, 5.74) is 0. The van der Waals surface area contributed by atoms with Crippen molar-refractivity contribution in [1.82, 2.24) is 10.2 Å². The summed E-state index contributed by atoms with van der Waals surface area (Å²) in [4.78, 5) is 14.0. The SMILES string of the molecule is O=C(CC1CCCNC1)N(CCO)C1CC1. The molecule has 0 aromatic heterocycles. The van der Waals surface area contributed by atoms with Crippen LogP contribution in [0, 0.1) is 5.92 Å². The summed E-state index contributed by atoms with van der Waals surface area (Å²) in [6.45, 7) is 2.67. The average molecular weight is 226 g/mol. The van der Waals surface area contributed by atoms with E-state index in [9.17, 15) is 4.79 Å². The third kappa shape index (κ3) is 3.19. The van der Waals surface area contributed by atoms with Gasteiger partial charge in [0.2, 0.25) is 5.91 Å². The van der Waals surface area contributed by atoms with E-state index in [2.05, 4.69) is 5.32 Å². The van der Waals surface area contributed by atoms with Crippen LogP contribution in [0.1, 0.15) is 32.1 Å². The van der Waals surface area contributed by atoms with Gasteiger partial charge >= 0.3 is 0 Å². The van der Waals surface area contributed by atoms with Crippen molar-refractivity contribution in [3.05, 3.63) is 0 Å². The first-order valence-corrected chi connectivity index (χ1v) is 6.42. The van der Waals surface area contributed by atoms with Crippen LogP contribution in [-0.2, 0) is 4.79 Å². The zero-order valence-corrected chi connectivity index (χ0v) is 9.82. The van der Waals surface area contributed by atoms with Crippen molar-refractivity contribution < 1.29 is 9.90 Å². The van der Waals surface area contributed by atoms with Crippen LogP contribution in [0.2, 0.25) is 0 Å². The van der Waals surface area contributed by atoms with E-state index in [0.717, 1.165) is 32.4 Å². The monoisotopic (exact) mass is 226 g/mol. The largest absolute Gasteiger partial charge is 0.395 e. The van der Waals surface area contributed by atoms with Gasteiger partial charge in [-0.3, -0.25) is 4.79 Å². The second-order valence-corrected chi connectivity index (χ2v) is 4.96. The summed E-state index contributed by atoms with van der Waals surface area (Å²) in [6, 6.07) is 0.427. The lowest BCUT2D eigenvalue weighted by atomic mass is 9.95. The fourth-order valence-electron chi connectivity index (χ4n) is 2.47. The van der Waals surface area contributed by atoms with Crippen molar-refractivity contribution in [3.8, 4) is 0 Å². The first kappa shape index (κ1) is 11.9. The number of aliphatic hydroxyl groups is 1. The van der Waals surface area contributed by atoms with Gasteiger partial charge in [0.05, 0.1) is 6.61 Å². The molecule has 1 unspecified atom stereocenters. The van der Waals surface area contributed by atoms with E-state index < -0.39 is 0 Å². The van der Waals surface area contributed by atoms with Gasteiger partial charge in [-0.05, 0) is 44.7 Å². The van der Waals surface area contributed by atoms with Crippen molar-refractivity contribution in [2.45, 2.75) is 38.1 Å². The van der Waals surface area contributed by atoms with Crippen LogP contribution in [0.5, 0.6) is 0 Å². The van der Waals surface area contributed by atoms with Gasteiger partial charge < -0.3 is 15.3 Å². The molecule has 1 amide bonds. The minimum Gasteiger partial charge on any atom is -0.395 e. The molecule has 2 N–H and O–H groups in total. The molecule has 1 atom stereocenters. The first-order valence-electron chi connectivity index (χ1n) is 6.42. The van der Waals surface area contributed by atoms with Gasteiger partial charge in [-0.15, -0.1) is 0 Å². The van der Waals surface area contributed by atoms with Crippen molar-refractivity contribution in [2.24, 2.45) is 5.92 Å². The number of amides is 1. The highest BCUT2D eigenvalue weighted by Crippen LogP contribution is 2.28. The van der Waals surface area contributed by atoms with Crippen molar-refractivity contribution in [3.63, 3.8) is 0 Å². The molecule has 0 aromatic rings. The first-order chi connectivity index (χ1) is 7.81. The fourth-order valence-corrected chi connectivity index (χ4v) is 2.47. The maximum atomic E-state index is 12.1. The Labute approximate surface area is 97.0 Å². The Morgan fingerprint density at radius 3 is 2.75 bits per heavy atom. The molecule has 16 heavy (non-hydrogen) atoms. The fraction of sp³-hybridized carbons (Fsp3) is 0.917. The molecule has 1 aliphatic carbocycles. The van der Waals surface area contributed by atoms with Crippen LogP contribution in [0.3, 0.4) is 0 Å². The van der Waals surface area contributed by atoms with E-state index in [1.165, 1.54) is 6.42 Å². The molecule has 0 aromatic carbocycles. The Bertz CT molecular complexity index is 235. The number of carbonyl (C=O) groups is 1. The van der Waals surface area contributed by atoms with E-state index in [0.29, 0.717) is 24.9 Å². The quantitative estimate of drug-likeness (QED) is 0.711.